The van der Waals surface area contributed by atoms with Gasteiger partial charge in [-0.3, -0.25) is 0 Å². The maximum Gasteiger partial charge on any atom is 0.0305 e. The standard InChI is InChI=1S/C18H29NS/c1-11-9-15(13(3)20-11)12(2)19-16-17(4,5)14-7-8-18(16,6)10-14/h9,12,14,16,19H,7-8,10H2,1-6H3. The first-order chi connectivity index (χ1) is 9.24. The Labute approximate surface area is 128 Å². The molecular weight excluding hydrogens is 262 g/mol. The zero-order chi connectivity index (χ0) is 14.7. The third-order valence-electron chi connectivity index (χ3n) is 6.23. The SMILES string of the molecule is Cc1cc(C(C)NC2C3(C)CCC(C3)C2(C)C)c(C)s1. The molecule has 0 saturated heterocycles. The molecule has 0 aromatic carbocycles. The van der Waals surface area contributed by atoms with Crippen LogP contribution in [0.25, 0.3) is 0 Å². The molecule has 0 radical (unpaired) electrons. The lowest BCUT2D eigenvalue weighted by atomic mass is 9.68. The largest absolute Gasteiger partial charge is 0.306 e. The molecule has 2 saturated carbocycles. The molecular formula is C18H29NS. The van der Waals surface area contributed by atoms with Crippen LogP contribution in [0.4, 0.5) is 0 Å². The average molecular weight is 292 g/mol. The van der Waals surface area contributed by atoms with Crippen LogP contribution in [0.15, 0.2) is 6.07 Å². The summed E-state index contributed by atoms with van der Waals surface area (Å²) < 4.78 is 0. The molecule has 1 nitrogen and oxygen atoms in total. The Balaban J connectivity index is 1.82. The Morgan fingerprint density at radius 3 is 2.50 bits per heavy atom. The van der Waals surface area contributed by atoms with E-state index in [1.165, 1.54) is 34.6 Å². The maximum absolute atomic E-state index is 4.02. The predicted molar refractivity (Wildman–Crippen MR) is 88.4 cm³/mol. The van der Waals surface area contributed by atoms with Gasteiger partial charge in [-0.15, -0.1) is 11.3 Å². The molecule has 1 N–H and O–H groups in total. The van der Waals surface area contributed by atoms with Gasteiger partial charge < -0.3 is 5.32 Å². The van der Waals surface area contributed by atoms with Crippen LogP contribution in [0.1, 0.15) is 68.3 Å². The van der Waals surface area contributed by atoms with Crippen LogP contribution in [0.2, 0.25) is 0 Å². The zero-order valence-corrected chi connectivity index (χ0v) is 14.7. The van der Waals surface area contributed by atoms with Crippen LogP contribution in [-0.4, -0.2) is 6.04 Å². The number of hydrogen-bond donors (Lipinski definition) is 1. The van der Waals surface area contributed by atoms with Crippen LogP contribution in [-0.2, 0) is 0 Å². The van der Waals surface area contributed by atoms with Gasteiger partial charge in [0.2, 0.25) is 0 Å². The molecule has 4 atom stereocenters. The van der Waals surface area contributed by atoms with Crippen molar-refractivity contribution in [1.82, 2.24) is 5.32 Å². The number of thiophene rings is 1. The summed E-state index contributed by atoms with van der Waals surface area (Å²) in [6.07, 6.45) is 4.27. The topological polar surface area (TPSA) is 12.0 Å². The highest BCUT2D eigenvalue weighted by Gasteiger charge is 2.59. The smallest absolute Gasteiger partial charge is 0.0305 e. The highest BCUT2D eigenvalue weighted by molar-refractivity contribution is 7.12. The second-order valence-corrected chi connectivity index (χ2v) is 9.57. The summed E-state index contributed by atoms with van der Waals surface area (Å²) in [5.41, 5.74) is 2.47. The van der Waals surface area contributed by atoms with Crippen LogP contribution in [0.5, 0.6) is 0 Å². The molecule has 2 aliphatic carbocycles. The summed E-state index contributed by atoms with van der Waals surface area (Å²) >= 11 is 1.93. The van der Waals surface area contributed by atoms with E-state index in [0.717, 1.165) is 5.92 Å². The molecule has 2 fully saturated rings. The van der Waals surface area contributed by atoms with Gasteiger partial charge >= 0.3 is 0 Å². The number of rotatable bonds is 3. The highest BCUT2D eigenvalue weighted by atomic mass is 32.1. The van der Waals surface area contributed by atoms with Gasteiger partial charge in [0.05, 0.1) is 0 Å². The summed E-state index contributed by atoms with van der Waals surface area (Å²) in [6.45, 7) is 14.3. The summed E-state index contributed by atoms with van der Waals surface area (Å²) in [5.74, 6) is 0.919. The van der Waals surface area contributed by atoms with E-state index >= 15 is 0 Å². The molecule has 4 unspecified atom stereocenters. The lowest BCUT2D eigenvalue weighted by molar-refractivity contribution is 0.100. The number of aryl methyl sites for hydroxylation is 2. The predicted octanol–water partition coefficient (Wildman–Crippen LogP) is 5.23. The van der Waals surface area contributed by atoms with Crippen molar-refractivity contribution in [3.05, 3.63) is 21.4 Å². The fourth-order valence-electron chi connectivity index (χ4n) is 5.14. The average Bonchev–Trinajstić information content (AvgIpc) is 2.93. The minimum absolute atomic E-state index is 0.445. The minimum atomic E-state index is 0.445. The van der Waals surface area contributed by atoms with E-state index in [1.54, 1.807) is 0 Å². The fourth-order valence-corrected chi connectivity index (χ4v) is 6.16. The molecule has 2 aliphatic rings. The van der Waals surface area contributed by atoms with E-state index in [4.69, 9.17) is 0 Å². The Kier molecular flexibility index (Phi) is 3.34. The molecule has 0 amide bonds. The van der Waals surface area contributed by atoms with Crippen LogP contribution in [0, 0.1) is 30.6 Å². The van der Waals surface area contributed by atoms with Gasteiger partial charge in [-0.2, -0.15) is 0 Å². The third-order valence-corrected chi connectivity index (χ3v) is 7.21. The van der Waals surface area contributed by atoms with E-state index in [-0.39, 0.29) is 0 Å². The van der Waals surface area contributed by atoms with Crippen LogP contribution < -0.4 is 5.32 Å². The molecule has 112 valence electrons. The normalized spacial score (nSPS) is 36.5. The molecule has 3 rings (SSSR count). The van der Waals surface area contributed by atoms with Gasteiger partial charge in [0, 0.05) is 21.8 Å². The van der Waals surface area contributed by atoms with E-state index < -0.39 is 0 Å². The van der Waals surface area contributed by atoms with Gasteiger partial charge in [0.15, 0.2) is 0 Å². The Morgan fingerprint density at radius 2 is 2.00 bits per heavy atom. The first-order valence-corrected chi connectivity index (χ1v) is 8.89. The van der Waals surface area contributed by atoms with Gasteiger partial charge in [0.25, 0.3) is 0 Å². The number of hydrogen-bond acceptors (Lipinski definition) is 2. The first kappa shape index (κ1) is 14.6. The summed E-state index contributed by atoms with van der Waals surface area (Å²) in [5, 5.41) is 4.02. The van der Waals surface area contributed by atoms with Crippen LogP contribution >= 0.6 is 11.3 Å². The van der Waals surface area contributed by atoms with Crippen molar-refractivity contribution in [3.63, 3.8) is 0 Å². The van der Waals surface area contributed by atoms with Crippen molar-refractivity contribution < 1.29 is 0 Å². The fraction of sp³-hybridized carbons (Fsp3) is 0.778. The zero-order valence-electron chi connectivity index (χ0n) is 13.8. The van der Waals surface area contributed by atoms with Gasteiger partial charge in [-0.05, 0) is 68.4 Å². The van der Waals surface area contributed by atoms with Crippen LogP contribution in [0.3, 0.4) is 0 Å². The van der Waals surface area contributed by atoms with Gasteiger partial charge in [-0.1, -0.05) is 20.8 Å². The summed E-state index contributed by atoms with van der Waals surface area (Å²) in [7, 11) is 0. The minimum Gasteiger partial charge on any atom is -0.306 e. The van der Waals surface area contributed by atoms with E-state index in [2.05, 4.69) is 52.9 Å². The Bertz CT molecular complexity index is 511. The summed E-state index contributed by atoms with van der Waals surface area (Å²) in [6, 6.07) is 3.50. The lowest BCUT2D eigenvalue weighted by Crippen LogP contribution is -2.51. The van der Waals surface area contributed by atoms with Crippen molar-refractivity contribution in [2.24, 2.45) is 16.7 Å². The lowest BCUT2D eigenvalue weighted by Gasteiger charge is -2.44. The molecule has 0 aliphatic heterocycles. The number of nitrogens with one attached hydrogen (secondary N) is 1. The highest BCUT2D eigenvalue weighted by Crippen LogP contribution is 2.62. The molecule has 1 aromatic heterocycles. The molecule has 1 heterocycles. The Hall–Kier alpha value is -0.340. The quantitative estimate of drug-likeness (QED) is 0.804. The maximum atomic E-state index is 4.02. The van der Waals surface area contributed by atoms with Crippen molar-refractivity contribution >= 4 is 11.3 Å². The third kappa shape index (κ3) is 2.07. The van der Waals surface area contributed by atoms with Crippen molar-refractivity contribution in [2.75, 3.05) is 0 Å². The molecule has 0 spiro atoms. The van der Waals surface area contributed by atoms with E-state index in [0.29, 0.717) is 22.9 Å². The molecule has 2 bridgehead atoms. The van der Waals surface area contributed by atoms with Crippen molar-refractivity contribution in [1.29, 1.82) is 0 Å². The molecule has 2 heteroatoms. The molecule has 1 aromatic rings. The molecule has 20 heavy (non-hydrogen) atoms. The van der Waals surface area contributed by atoms with E-state index in [1.807, 2.05) is 11.3 Å². The van der Waals surface area contributed by atoms with Crippen molar-refractivity contribution in [2.45, 2.75) is 72.9 Å². The Morgan fingerprint density at radius 1 is 1.30 bits per heavy atom. The second kappa shape index (κ2) is 4.58. The van der Waals surface area contributed by atoms with Gasteiger partial charge in [0.1, 0.15) is 0 Å². The monoisotopic (exact) mass is 291 g/mol. The summed E-state index contributed by atoms with van der Waals surface area (Å²) in [4.78, 5) is 2.91. The second-order valence-electron chi connectivity index (χ2n) is 8.11. The number of fused-ring (bicyclic) bond motifs is 2. The van der Waals surface area contributed by atoms with Crippen molar-refractivity contribution in [3.8, 4) is 0 Å². The first-order valence-electron chi connectivity index (χ1n) is 8.07. The van der Waals surface area contributed by atoms with Gasteiger partial charge in [-0.25, -0.2) is 0 Å². The van der Waals surface area contributed by atoms with E-state index in [9.17, 15) is 0 Å².